The fraction of sp³-hybridized carbons (Fsp3) is 0.778. The van der Waals surface area contributed by atoms with Crippen molar-refractivity contribution in [2.24, 2.45) is 0 Å². The summed E-state index contributed by atoms with van der Waals surface area (Å²) in [5, 5.41) is 3.13. The van der Waals surface area contributed by atoms with Gasteiger partial charge in [-0.1, -0.05) is 24.6 Å². The number of hydrogen-bond acceptors (Lipinski definition) is 2. The molecule has 0 aliphatic carbocycles. The maximum atomic E-state index is 5.46. The van der Waals surface area contributed by atoms with E-state index in [1.165, 1.54) is 6.42 Å². The highest BCUT2D eigenvalue weighted by molar-refractivity contribution is 6.25. The van der Waals surface area contributed by atoms with Gasteiger partial charge in [-0.2, -0.15) is 0 Å². The Labute approximate surface area is 80.6 Å². The maximum Gasteiger partial charge on any atom is 0.0175 e. The summed E-state index contributed by atoms with van der Waals surface area (Å²) < 4.78 is 0. The molecule has 0 heterocycles. The van der Waals surface area contributed by atoms with Crippen LogP contribution in [0, 0.1) is 0 Å². The summed E-state index contributed by atoms with van der Waals surface area (Å²) in [5.41, 5.74) is 1.59. The van der Waals surface area contributed by atoms with E-state index in [-0.39, 0.29) is 0 Å². The molecule has 12 heavy (non-hydrogen) atoms. The molecular formula is C9H19ClN2. The zero-order valence-electron chi connectivity index (χ0n) is 8.02. The third-order valence-electron chi connectivity index (χ3n) is 1.67. The SMILES string of the molecule is CCCN(C/C=C/Cl)CCNC. The predicted octanol–water partition coefficient (Wildman–Crippen LogP) is 1.67. The molecule has 0 aliphatic rings. The molecule has 0 atom stereocenters. The Kier molecular flexibility index (Phi) is 9.00. The Balaban J connectivity index is 3.53. The minimum absolute atomic E-state index is 0.957. The molecule has 0 aromatic carbocycles. The Morgan fingerprint density at radius 2 is 2.17 bits per heavy atom. The zero-order chi connectivity index (χ0) is 9.23. The molecule has 0 aliphatic heterocycles. The van der Waals surface area contributed by atoms with E-state index in [1.807, 2.05) is 13.1 Å². The average molecular weight is 191 g/mol. The number of likely N-dealkylation sites (N-methyl/N-ethyl adjacent to an activating group) is 1. The van der Waals surface area contributed by atoms with Gasteiger partial charge < -0.3 is 5.32 Å². The van der Waals surface area contributed by atoms with Gasteiger partial charge in [0.15, 0.2) is 0 Å². The van der Waals surface area contributed by atoms with Gasteiger partial charge >= 0.3 is 0 Å². The average Bonchev–Trinajstić information content (AvgIpc) is 2.10. The van der Waals surface area contributed by atoms with E-state index in [1.54, 1.807) is 5.54 Å². The molecule has 0 amide bonds. The second kappa shape index (κ2) is 9.04. The van der Waals surface area contributed by atoms with Gasteiger partial charge in [0, 0.05) is 25.2 Å². The third-order valence-corrected chi connectivity index (χ3v) is 1.85. The van der Waals surface area contributed by atoms with Gasteiger partial charge in [-0.25, -0.2) is 0 Å². The second-order valence-corrected chi connectivity index (χ2v) is 3.02. The standard InChI is InChI=1S/C9H19ClN2/c1-3-7-12(8-4-5-10)9-6-11-2/h4-5,11H,3,6-9H2,1-2H3/b5-4+. The van der Waals surface area contributed by atoms with Crippen LogP contribution >= 0.6 is 11.6 Å². The Bertz CT molecular complexity index is 115. The van der Waals surface area contributed by atoms with Gasteiger partial charge in [-0.05, 0) is 20.0 Å². The minimum atomic E-state index is 0.957. The molecule has 0 rings (SSSR count). The van der Waals surface area contributed by atoms with Crippen molar-refractivity contribution in [2.75, 3.05) is 33.2 Å². The van der Waals surface area contributed by atoms with Crippen molar-refractivity contribution in [3.05, 3.63) is 11.6 Å². The van der Waals surface area contributed by atoms with E-state index >= 15 is 0 Å². The van der Waals surface area contributed by atoms with Crippen molar-refractivity contribution in [1.29, 1.82) is 0 Å². The van der Waals surface area contributed by atoms with Gasteiger partial charge in [-0.15, -0.1) is 0 Å². The Morgan fingerprint density at radius 1 is 1.42 bits per heavy atom. The lowest BCUT2D eigenvalue weighted by molar-refractivity contribution is 0.305. The molecule has 0 aromatic heterocycles. The molecule has 0 radical (unpaired) electrons. The first-order valence-electron chi connectivity index (χ1n) is 4.47. The molecule has 0 fully saturated rings. The second-order valence-electron chi connectivity index (χ2n) is 2.77. The van der Waals surface area contributed by atoms with Crippen molar-refractivity contribution in [2.45, 2.75) is 13.3 Å². The number of nitrogens with zero attached hydrogens (tertiary/aromatic N) is 1. The molecule has 0 saturated heterocycles. The van der Waals surface area contributed by atoms with E-state index in [2.05, 4.69) is 17.1 Å². The zero-order valence-corrected chi connectivity index (χ0v) is 8.77. The predicted molar refractivity (Wildman–Crippen MR) is 55.7 cm³/mol. The van der Waals surface area contributed by atoms with Crippen LogP contribution in [-0.4, -0.2) is 38.1 Å². The lowest BCUT2D eigenvalue weighted by Crippen LogP contribution is -2.31. The summed E-state index contributed by atoms with van der Waals surface area (Å²) in [5.74, 6) is 0. The molecular weight excluding hydrogens is 172 g/mol. The van der Waals surface area contributed by atoms with Gasteiger partial charge in [-0.3, -0.25) is 4.90 Å². The van der Waals surface area contributed by atoms with E-state index in [0.717, 1.165) is 26.2 Å². The molecule has 0 aromatic rings. The molecule has 72 valence electrons. The van der Waals surface area contributed by atoms with Crippen molar-refractivity contribution in [3.63, 3.8) is 0 Å². The minimum Gasteiger partial charge on any atom is -0.318 e. The van der Waals surface area contributed by atoms with Gasteiger partial charge in [0.1, 0.15) is 0 Å². The molecule has 0 saturated carbocycles. The van der Waals surface area contributed by atoms with Crippen LogP contribution in [0.5, 0.6) is 0 Å². The van der Waals surface area contributed by atoms with Crippen molar-refractivity contribution >= 4 is 11.6 Å². The smallest absolute Gasteiger partial charge is 0.0175 e. The molecule has 0 spiro atoms. The first-order valence-corrected chi connectivity index (χ1v) is 4.91. The van der Waals surface area contributed by atoms with Gasteiger partial charge in [0.25, 0.3) is 0 Å². The number of halogens is 1. The van der Waals surface area contributed by atoms with Crippen molar-refractivity contribution in [3.8, 4) is 0 Å². The van der Waals surface area contributed by atoms with Crippen molar-refractivity contribution in [1.82, 2.24) is 10.2 Å². The third kappa shape index (κ3) is 6.65. The highest BCUT2D eigenvalue weighted by Crippen LogP contribution is 1.91. The van der Waals surface area contributed by atoms with Crippen LogP contribution in [0.1, 0.15) is 13.3 Å². The van der Waals surface area contributed by atoms with E-state index < -0.39 is 0 Å². The summed E-state index contributed by atoms with van der Waals surface area (Å²) >= 11 is 5.46. The quantitative estimate of drug-likeness (QED) is 0.657. The van der Waals surface area contributed by atoms with Crippen LogP contribution in [0.15, 0.2) is 11.6 Å². The highest BCUT2D eigenvalue weighted by Gasteiger charge is 1.98. The lowest BCUT2D eigenvalue weighted by Gasteiger charge is -2.19. The molecule has 2 nitrogen and oxygen atoms in total. The maximum absolute atomic E-state index is 5.46. The summed E-state index contributed by atoms with van der Waals surface area (Å²) in [4.78, 5) is 2.37. The fourth-order valence-electron chi connectivity index (χ4n) is 1.07. The first-order chi connectivity index (χ1) is 5.85. The summed E-state index contributed by atoms with van der Waals surface area (Å²) in [7, 11) is 1.97. The molecule has 0 bridgehead atoms. The fourth-order valence-corrected chi connectivity index (χ4v) is 1.15. The molecule has 0 unspecified atom stereocenters. The van der Waals surface area contributed by atoms with E-state index in [9.17, 15) is 0 Å². The highest BCUT2D eigenvalue weighted by atomic mass is 35.5. The van der Waals surface area contributed by atoms with Crippen LogP contribution in [-0.2, 0) is 0 Å². The first kappa shape index (κ1) is 11.9. The monoisotopic (exact) mass is 190 g/mol. The van der Waals surface area contributed by atoms with Crippen LogP contribution < -0.4 is 5.32 Å². The van der Waals surface area contributed by atoms with Gasteiger partial charge in [0.2, 0.25) is 0 Å². The summed E-state index contributed by atoms with van der Waals surface area (Å²) in [6, 6.07) is 0. The largest absolute Gasteiger partial charge is 0.318 e. The van der Waals surface area contributed by atoms with Crippen LogP contribution in [0.4, 0.5) is 0 Å². The topological polar surface area (TPSA) is 15.3 Å². The number of nitrogens with one attached hydrogen (secondary N) is 1. The van der Waals surface area contributed by atoms with Crippen LogP contribution in [0.25, 0.3) is 0 Å². The molecule has 1 N–H and O–H groups in total. The van der Waals surface area contributed by atoms with Crippen LogP contribution in [0.2, 0.25) is 0 Å². The number of rotatable bonds is 7. The van der Waals surface area contributed by atoms with Crippen molar-refractivity contribution < 1.29 is 0 Å². The summed E-state index contributed by atoms with van der Waals surface area (Å²) in [6.07, 6.45) is 3.17. The molecule has 3 heteroatoms. The van der Waals surface area contributed by atoms with E-state index in [4.69, 9.17) is 11.6 Å². The summed E-state index contributed by atoms with van der Waals surface area (Å²) in [6.45, 7) is 6.42. The van der Waals surface area contributed by atoms with E-state index in [0.29, 0.717) is 0 Å². The Hall–Kier alpha value is -0.0500. The Morgan fingerprint density at radius 3 is 2.67 bits per heavy atom. The lowest BCUT2D eigenvalue weighted by atomic mass is 10.4. The van der Waals surface area contributed by atoms with Gasteiger partial charge in [0.05, 0.1) is 0 Å². The number of hydrogen-bond donors (Lipinski definition) is 1. The normalized spacial score (nSPS) is 11.7. The van der Waals surface area contributed by atoms with Crippen LogP contribution in [0.3, 0.4) is 0 Å².